The highest BCUT2D eigenvalue weighted by Gasteiger charge is 2.12. The van der Waals surface area contributed by atoms with Gasteiger partial charge in [-0.15, -0.1) is 0 Å². The van der Waals surface area contributed by atoms with Gasteiger partial charge in [0.15, 0.2) is 0 Å². The molecule has 0 saturated carbocycles. The van der Waals surface area contributed by atoms with Gasteiger partial charge in [-0.2, -0.15) is 0 Å². The second kappa shape index (κ2) is 6.63. The quantitative estimate of drug-likeness (QED) is 0.614. The average molecular weight is 338 g/mol. The van der Waals surface area contributed by atoms with E-state index in [0.29, 0.717) is 9.79 Å². The summed E-state index contributed by atoms with van der Waals surface area (Å²) < 4.78 is 0. The van der Waals surface area contributed by atoms with Gasteiger partial charge in [0.2, 0.25) is 0 Å². The van der Waals surface area contributed by atoms with Crippen LogP contribution in [-0.4, -0.2) is 32.4 Å². The normalized spacial score (nSPS) is 10.4. The minimum absolute atomic E-state index is 0.0273. The molecule has 2 rings (SSSR count). The van der Waals surface area contributed by atoms with E-state index in [-0.39, 0.29) is 22.6 Å². The van der Waals surface area contributed by atoms with Crippen LogP contribution in [0.3, 0.4) is 0 Å². The molecule has 0 saturated heterocycles. The van der Waals surface area contributed by atoms with Crippen LogP contribution in [0.25, 0.3) is 0 Å². The Morgan fingerprint density at radius 3 is 1.36 bits per heavy atom. The maximum atomic E-state index is 10.8. The van der Waals surface area contributed by atoms with E-state index in [1.807, 2.05) is 0 Å². The van der Waals surface area contributed by atoms with Gasteiger partial charge in [0, 0.05) is 0 Å². The van der Waals surface area contributed by atoms with Crippen molar-refractivity contribution in [1.82, 2.24) is 0 Å². The monoisotopic (exact) mass is 338 g/mol. The van der Waals surface area contributed by atoms with Crippen LogP contribution < -0.4 is 0 Å². The number of rotatable bonds is 5. The van der Waals surface area contributed by atoms with Crippen LogP contribution in [0.1, 0.15) is 20.7 Å². The van der Waals surface area contributed by atoms with Crippen molar-refractivity contribution in [2.75, 3.05) is 0 Å². The lowest BCUT2D eigenvalue weighted by atomic mass is 10.2. The lowest BCUT2D eigenvalue weighted by Gasteiger charge is -2.07. The third-order valence-electron chi connectivity index (χ3n) is 2.63. The molecule has 0 aliphatic rings. The molecule has 0 unspecified atom stereocenters. The molecule has 0 heterocycles. The van der Waals surface area contributed by atoms with Crippen molar-refractivity contribution >= 4 is 33.5 Å². The number of carboxylic acids is 2. The molecule has 2 aromatic rings. The van der Waals surface area contributed by atoms with Crippen LogP contribution in [0.15, 0.2) is 46.2 Å². The standard InChI is InChI=1S/C14H10O6S2/c15-9-5-7(13(17)18)1-3-11(9)21-22-12-4-2-8(14(19)20)6-10(12)16/h1-6,15-16H,(H,17,18)(H,19,20). The molecular formula is C14H10O6S2. The fourth-order valence-corrected chi connectivity index (χ4v) is 3.63. The van der Waals surface area contributed by atoms with Crippen molar-refractivity contribution in [3.05, 3.63) is 47.5 Å². The zero-order valence-electron chi connectivity index (χ0n) is 10.9. The second-order valence-corrected chi connectivity index (χ2v) is 6.35. The minimum Gasteiger partial charge on any atom is -0.507 e. The van der Waals surface area contributed by atoms with Crippen LogP contribution >= 0.6 is 21.6 Å². The number of hydrogen-bond acceptors (Lipinski definition) is 6. The van der Waals surface area contributed by atoms with Gasteiger partial charge in [0.1, 0.15) is 11.5 Å². The van der Waals surface area contributed by atoms with Crippen molar-refractivity contribution in [1.29, 1.82) is 0 Å². The summed E-state index contributed by atoms with van der Waals surface area (Å²) in [6.07, 6.45) is 0. The molecule has 0 aliphatic carbocycles. The van der Waals surface area contributed by atoms with Crippen LogP contribution in [0.2, 0.25) is 0 Å². The van der Waals surface area contributed by atoms with Crippen LogP contribution in [0.4, 0.5) is 0 Å². The van der Waals surface area contributed by atoms with Gasteiger partial charge in [0.05, 0.1) is 20.9 Å². The Hall–Kier alpha value is -2.32. The largest absolute Gasteiger partial charge is 0.507 e. The molecular weight excluding hydrogens is 328 g/mol. The molecule has 0 bridgehead atoms. The molecule has 0 spiro atoms. The van der Waals surface area contributed by atoms with Crippen molar-refractivity contribution in [2.24, 2.45) is 0 Å². The summed E-state index contributed by atoms with van der Waals surface area (Å²) in [5.74, 6) is -2.64. The Morgan fingerprint density at radius 2 is 1.09 bits per heavy atom. The van der Waals surface area contributed by atoms with Crippen molar-refractivity contribution in [2.45, 2.75) is 9.79 Å². The molecule has 0 atom stereocenters. The molecule has 2 aromatic carbocycles. The summed E-state index contributed by atoms with van der Waals surface area (Å²) in [5, 5.41) is 37.2. The van der Waals surface area contributed by atoms with E-state index in [1.165, 1.54) is 24.3 Å². The van der Waals surface area contributed by atoms with Gasteiger partial charge in [0.25, 0.3) is 0 Å². The fourth-order valence-electron chi connectivity index (χ4n) is 1.53. The van der Waals surface area contributed by atoms with Crippen LogP contribution in [0.5, 0.6) is 11.5 Å². The summed E-state index contributed by atoms with van der Waals surface area (Å²) in [7, 11) is 2.23. The smallest absolute Gasteiger partial charge is 0.335 e. The van der Waals surface area contributed by atoms with Gasteiger partial charge in [-0.3, -0.25) is 0 Å². The van der Waals surface area contributed by atoms with Crippen molar-refractivity contribution in [3.8, 4) is 11.5 Å². The maximum Gasteiger partial charge on any atom is 0.335 e. The Balaban J connectivity index is 2.13. The zero-order chi connectivity index (χ0) is 16.3. The van der Waals surface area contributed by atoms with Gasteiger partial charge in [-0.1, -0.05) is 0 Å². The second-order valence-electron chi connectivity index (χ2n) is 4.14. The van der Waals surface area contributed by atoms with E-state index in [4.69, 9.17) is 10.2 Å². The molecule has 0 radical (unpaired) electrons. The predicted octanol–water partition coefficient (Wildman–Crippen LogP) is 3.29. The zero-order valence-corrected chi connectivity index (χ0v) is 12.5. The number of phenolic OH excluding ortho intramolecular Hbond substituents is 2. The first-order valence-electron chi connectivity index (χ1n) is 5.85. The first-order valence-corrected chi connectivity index (χ1v) is 8.00. The molecule has 0 aliphatic heterocycles. The number of aromatic hydroxyl groups is 2. The highest BCUT2D eigenvalue weighted by molar-refractivity contribution is 8.76. The van der Waals surface area contributed by atoms with E-state index in [9.17, 15) is 19.8 Å². The average Bonchev–Trinajstić information content (AvgIpc) is 2.46. The molecule has 0 fully saturated rings. The maximum absolute atomic E-state index is 10.8. The fraction of sp³-hybridized carbons (Fsp3) is 0. The van der Waals surface area contributed by atoms with Gasteiger partial charge in [-0.05, 0) is 58.0 Å². The topological polar surface area (TPSA) is 115 Å². The number of carbonyl (C=O) groups is 2. The van der Waals surface area contributed by atoms with Crippen molar-refractivity contribution in [3.63, 3.8) is 0 Å². The highest BCUT2D eigenvalue weighted by atomic mass is 33.1. The van der Waals surface area contributed by atoms with Gasteiger partial charge in [-0.25, -0.2) is 9.59 Å². The minimum atomic E-state index is -1.14. The summed E-state index contributed by atoms with van der Waals surface area (Å²) in [6.45, 7) is 0. The predicted molar refractivity (Wildman–Crippen MR) is 81.8 cm³/mol. The Bertz CT molecular complexity index is 681. The lowest BCUT2D eigenvalue weighted by molar-refractivity contribution is 0.0685. The first kappa shape index (κ1) is 16.1. The Labute approximate surface area is 132 Å². The van der Waals surface area contributed by atoms with E-state index in [0.717, 1.165) is 33.7 Å². The lowest BCUT2D eigenvalue weighted by Crippen LogP contribution is -1.95. The Morgan fingerprint density at radius 1 is 0.727 bits per heavy atom. The molecule has 0 amide bonds. The van der Waals surface area contributed by atoms with Crippen LogP contribution in [-0.2, 0) is 0 Å². The summed E-state index contributed by atoms with van der Waals surface area (Å²) in [5.41, 5.74) is -0.0546. The van der Waals surface area contributed by atoms with Gasteiger partial charge >= 0.3 is 11.9 Å². The van der Waals surface area contributed by atoms with E-state index >= 15 is 0 Å². The molecule has 22 heavy (non-hydrogen) atoms. The summed E-state index contributed by atoms with van der Waals surface area (Å²) in [6, 6.07) is 7.91. The molecule has 114 valence electrons. The van der Waals surface area contributed by atoms with E-state index < -0.39 is 11.9 Å². The Kier molecular flexibility index (Phi) is 4.84. The SMILES string of the molecule is O=C(O)c1ccc(SSc2ccc(C(=O)O)cc2O)c(O)c1. The third-order valence-corrected chi connectivity index (χ3v) is 5.09. The number of aromatic carboxylic acids is 2. The van der Waals surface area contributed by atoms with E-state index in [2.05, 4.69) is 0 Å². The van der Waals surface area contributed by atoms with E-state index in [1.54, 1.807) is 0 Å². The molecule has 8 heteroatoms. The molecule has 4 N–H and O–H groups in total. The van der Waals surface area contributed by atoms with Crippen molar-refractivity contribution < 1.29 is 30.0 Å². The number of hydrogen-bond donors (Lipinski definition) is 4. The highest BCUT2D eigenvalue weighted by Crippen LogP contribution is 2.44. The number of phenols is 2. The summed E-state index contributed by atoms with van der Waals surface area (Å²) >= 11 is 0. The summed E-state index contributed by atoms with van der Waals surface area (Å²) in [4.78, 5) is 22.4. The third kappa shape index (κ3) is 3.66. The number of benzene rings is 2. The number of carboxylic acid groups (broad SMARTS) is 2. The molecule has 0 aromatic heterocycles. The van der Waals surface area contributed by atoms with Crippen LogP contribution in [0, 0.1) is 0 Å². The molecule has 6 nitrogen and oxygen atoms in total. The van der Waals surface area contributed by atoms with Gasteiger partial charge < -0.3 is 20.4 Å². The first-order chi connectivity index (χ1) is 10.4.